The van der Waals surface area contributed by atoms with Crippen LogP contribution in [-0.4, -0.2) is 70.8 Å². The smallest absolute Gasteiger partial charge is 0.306 e. The normalized spacial score (nSPS) is 19.6. The molecule has 0 saturated carbocycles. The molecule has 7 heteroatoms. The third kappa shape index (κ3) is 4.96. The van der Waals surface area contributed by atoms with Crippen LogP contribution in [0.4, 0.5) is 0 Å². The highest BCUT2D eigenvalue weighted by Crippen LogP contribution is 2.17. The van der Waals surface area contributed by atoms with Gasteiger partial charge in [-0.3, -0.25) is 9.59 Å². The van der Waals surface area contributed by atoms with Gasteiger partial charge in [0.25, 0.3) is 0 Å². The number of nitrogens with zero attached hydrogens (tertiary/aromatic N) is 1. The fourth-order valence-corrected chi connectivity index (χ4v) is 2.96. The van der Waals surface area contributed by atoms with Gasteiger partial charge < -0.3 is 20.4 Å². The quantitative estimate of drug-likeness (QED) is 0.614. The van der Waals surface area contributed by atoms with Crippen molar-refractivity contribution in [2.24, 2.45) is 5.92 Å². The van der Waals surface area contributed by atoms with Gasteiger partial charge in [-0.15, -0.1) is 0 Å². The molecule has 0 radical (unpaired) electrons. The number of aliphatic hydroxyl groups is 1. The summed E-state index contributed by atoms with van der Waals surface area (Å²) < 4.78 is 0. The van der Waals surface area contributed by atoms with E-state index in [1.54, 1.807) is 16.7 Å². The number of amides is 1. The Hall–Kier alpha value is -0.790. The van der Waals surface area contributed by atoms with E-state index in [0.717, 1.165) is 0 Å². The summed E-state index contributed by atoms with van der Waals surface area (Å²) in [4.78, 5) is 24.6. The molecule has 0 aromatic rings. The molecule has 2 unspecified atom stereocenters. The zero-order valence-electron chi connectivity index (χ0n) is 12.0. The van der Waals surface area contributed by atoms with Gasteiger partial charge in [0, 0.05) is 24.4 Å². The van der Waals surface area contributed by atoms with Crippen LogP contribution in [0.5, 0.6) is 0 Å². The van der Waals surface area contributed by atoms with Crippen LogP contribution in [0.1, 0.15) is 19.8 Å². The van der Waals surface area contributed by atoms with E-state index in [2.05, 4.69) is 5.32 Å². The second-order valence-corrected chi connectivity index (χ2v) is 6.20. The van der Waals surface area contributed by atoms with Crippen LogP contribution in [0.3, 0.4) is 0 Å². The van der Waals surface area contributed by atoms with E-state index >= 15 is 0 Å². The van der Waals surface area contributed by atoms with Crippen LogP contribution in [0.25, 0.3) is 0 Å². The second kappa shape index (κ2) is 8.49. The van der Waals surface area contributed by atoms with Crippen molar-refractivity contribution in [1.29, 1.82) is 0 Å². The Bertz CT molecular complexity index is 328. The number of thioether (sulfide) groups is 1. The van der Waals surface area contributed by atoms with Crippen molar-refractivity contribution < 1.29 is 19.8 Å². The highest BCUT2D eigenvalue weighted by Gasteiger charge is 2.27. The number of aliphatic carboxylic acids is 1. The number of nitrogens with one attached hydrogen (secondary N) is 1. The minimum Gasteiger partial charge on any atom is -0.481 e. The number of aliphatic hydroxyl groups excluding tert-OH is 1. The molecule has 1 heterocycles. The summed E-state index contributed by atoms with van der Waals surface area (Å²) in [6, 6.07) is 0.0514. The van der Waals surface area contributed by atoms with E-state index < -0.39 is 5.97 Å². The van der Waals surface area contributed by atoms with E-state index in [0.29, 0.717) is 25.9 Å². The first-order valence-corrected chi connectivity index (χ1v) is 8.16. The first kappa shape index (κ1) is 17.3. The average Bonchev–Trinajstić information content (AvgIpc) is 2.46. The maximum atomic E-state index is 12.0. The van der Waals surface area contributed by atoms with Crippen LogP contribution >= 0.6 is 11.8 Å². The molecule has 1 rings (SSSR count). The number of carboxylic acids is 1. The Morgan fingerprint density at radius 3 is 2.45 bits per heavy atom. The number of carboxylic acid groups (broad SMARTS) is 1. The summed E-state index contributed by atoms with van der Waals surface area (Å²) in [5, 5.41) is 21.3. The standard InChI is InChI=1S/C13H24N2O4S/c1-9(11(8-16)20-2)14-7-12(17)15-5-3-10(4-6-15)13(18)19/h9-11,14,16H,3-8H2,1-2H3,(H,18,19). The van der Waals surface area contributed by atoms with Gasteiger partial charge >= 0.3 is 5.97 Å². The van der Waals surface area contributed by atoms with Crippen molar-refractivity contribution in [2.45, 2.75) is 31.1 Å². The summed E-state index contributed by atoms with van der Waals surface area (Å²) >= 11 is 1.57. The van der Waals surface area contributed by atoms with Crippen LogP contribution in [0.15, 0.2) is 0 Å². The van der Waals surface area contributed by atoms with Crippen molar-refractivity contribution in [3.63, 3.8) is 0 Å². The van der Waals surface area contributed by atoms with Crippen LogP contribution < -0.4 is 5.32 Å². The van der Waals surface area contributed by atoms with Gasteiger partial charge in [0.1, 0.15) is 0 Å². The van der Waals surface area contributed by atoms with E-state index in [1.807, 2.05) is 13.2 Å². The van der Waals surface area contributed by atoms with Crippen molar-refractivity contribution in [3.05, 3.63) is 0 Å². The van der Waals surface area contributed by atoms with Gasteiger partial charge in [-0.25, -0.2) is 0 Å². The van der Waals surface area contributed by atoms with Gasteiger partial charge in [0.2, 0.25) is 5.91 Å². The molecule has 0 bridgehead atoms. The van der Waals surface area contributed by atoms with Crippen LogP contribution in [-0.2, 0) is 9.59 Å². The van der Waals surface area contributed by atoms with Crippen molar-refractivity contribution in [3.8, 4) is 0 Å². The topological polar surface area (TPSA) is 89.9 Å². The third-order valence-electron chi connectivity index (χ3n) is 3.81. The van der Waals surface area contributed by atoms with Crippen LogP contribution in [0, 0.1) is 5.92 Å². The Kier molecular flexibility index (Phi) is 7.32. The van der Waals surface area contributed by atoms with Gasteiger partial charge in [0.15, 0.2) is 0 Å². The van der Waals surface area contributed by atoms with Crippen molar-refractivity contribution in [2.75, 3.05) is 32.5 Å². The van der Waals surface area contributed by atoms with Crippen LogP contribution in [0.2, 0.25) is 0 Å². The zero-order chi connectivity index (χ0) is 15.1. The lowest BCUT2D eigenvalue weighted by Crippen LogP contribution is -2.47. The lowest BCUT2D eigenvalue weighted by Gasteiger charge is -2.31. The van der Waals surface area contributed by atoms with E-state index in [4.69, 9.17) is 5.11 Å². The molecule has 1 aliphatic heterocycles. The Morgan fingerprint density at radius 2 is 2.00 bits per heavy atom. The molecule has 1 saturated heterocycles. The first-order valence-electron chi connectivity index (χ1n) is 6.87. The molecule has 6 nitrogen and oxygen atoms in total. The number of piperidine rings is 1. The number of hydrogen-bond donors (Lipinski definition) is 3. The molecule has 3 N–H and O–H groups in total. The predicted octanol–water partition coefficient (Wildman–Crippen LogP) is 0.0116. The molecule has 116 valence electrons. The average molecular weight is 304 g/mol. The molecule has 1 amide bonds. The lowest BCUT2D eigenvalue weighted by molar-refractivity contribution is -0.145. The Labute approximate surface area is 123 Å². The number of carbonyl (C=O) groups is 2. The molecule has 1 fully saturated rings. The fourth-order valence-electron chi connectivity index (χ4n) is 2.30. The maximum absolute atomic E-state index is 12.0. The monoisotopic (exact) mass is 304 g/mol. The second-order valence-electron chi connectivity index (χ2n) is 5.12. The van der Waals surface area contributed by atoms with Crippen molar-refractivity contribution >= 4 is 23.6 Å². The molecule has 2 atom stereocenters. The number of hydrogen-bond acceptors (Lipinski definition) is 5. The summed E-state index contributed by atoms with van der Waals surface area (Å²) in [5.41, 5.74) is 0. The van der Waals surface area contributed by atoms with Gasteiger partial charge in [-0.05, 0) is 26.0 Å². The summed E-state index contributed by atoms with van der Waals surface area (Å²) in [7, 11) is 0. The highest BCUT2D eigenvalue weighted by atomic mass is 32.2. The minimum atomic E-state index is -0.769. The minimum absolute atomic E-state index is 0.00141. The lowest BCUT2D eigenvalue weighted by atomic mass is 9.97. The summed E-state index contributed by atoms with van der Waals surface area (Å²) in [6.45, 7) is 3.28. The molecule has 20 heavy (non-hydrogen) atoms. The molecular weight excluding hydrogens is 280 g/mol. The van der Waals surface area contributed by atoms with E-state index in [9.17, 15) is 14.7 Å². The van der Waals surface area contributed by atoms with Gasteiger partial charge in [-0.1, -0.05) is 0 Å². The molecule has 0 aromatic heterocycles. The molecule has 1 aliphatic rings. The summed E-state index contributed by atoms with van der Waals surface area (Å²) in [5.74, 6) is -1.09. The largest absolute Gasteiger partial charge is 0.481 e. The summed E-state index contributed by atoms with van der Waals surface area (Å²) in [6.07, 6.45) is 2.99. The SMILES string of the molecule is CSC(CO)C(C)NCC(=O)N1CCC(C(=O)O)CC1. The van der Waals surface area contributed by atoms with E-state index in [-0.39, 0.29) is 36.3 Å². The first-order chi connectivity index (χ1) is 9.49. The molecule has 0 spiro atoms. The zero-order valence-corrected chi connectivity index (χ0v) is 12.9. The fraction of sp³-hybridized carbons (Fsp3) is 0.846. The van der Waals surface area contributed by atoms with Gasteiger partial charge in [0.05, 0.1) is 19.1 Å². The predicted molar refractivity (Wildman–Crippen MR) is 78.8 cm³/mol. The van der Waals surface area contributed by atoms with Gasteiger partial charge in [-0.2, -0.15) is 11.8 Å². The molecule has 0 aromatic carbocycles. The highest BCUT2D eigenvalue weighted by molar-refractivity contribution is 7.99. The number of rotatable bonds is 7. The number of carbonyl (C=O) groups excluding carboxylic acids is 1. The third-order valence-corrected chi connectivity index (χ3v) is 4.98. The van der Waals surface area contributed by atoms with E-state index in [1.165, 1.54) is 0 Å². The molecule has 0 aliphatic carbocycles. The Morgan fingerprint density at radius 1 is 1.40 bits per heavy atom. The Balaban J connectivity index is 2.32. The molecular formula is C13H24N2O4S. The van der Waals surface area contributed by atoms with Crippen molar-refractivity contribution in [1.82, 2.24) is 10.2 Å². The number of likely N-dealkylation sites (tertiary alicyclic amines) is 1. The maximum Gasteiger partial charge on any atom is 0.306 e.